The van der Waals surface area contributed by atoms with Crippen LogP contribution >= 0.6 is 0 Å². The Kier molecular flexibility index (Phi) is 8.88. The fourth-order valence-electron chi connectivity index (χ4n) is 1.55. The maximum Gasteiger partial charge on any atom is 0.130 e. The summed E-state index contributed by atoms with van der Waals surface area (Å²) in [6, 6.07) is 0. The SMILES string of the molecule is CC/C(C)=C\CC/C(=C/CCC(C)=O)CC. The number of Topliss-reactive ketones (excluding diaryl/α,β-unsaturated/α-hetero) is 1. The van der Waals surface area contributed by atoms with Crippen LogP contribution in [0.25, 0.3) is 0 Å². The lowest BCUT2D eigenvalue weighted by Crippen LogP contribution is -1.89. The van der Waals surface area contributed by atoms with Crippen LogP contribution in [-0.4, -0.2) is 5.78 Å². The first-order valence-electron chi connectivity index (χ1n) is 6.43. The Labute approximate surface area is 101 Å². The van der Waals surface area contributed by atoms with Gasteiger partial charge in [-0.15, -0.1) is 0 Å². The maximum absolute atomic E-state index is 10.8. The zero-order valence-electron chi connectivity index (χ0n) is 11.3. The van der Waals surface area contributed by atoms with E-state index in [9.17, 15) is 4.79 Å². The van der Waals surface area contributed by atoms with Gasteiger partial charge >= 0.3 is 0 Å². The van der Waals surface area contributed by atoms with Gasteiger partial charge in [-0.05, 0) is 46.0 Å². The van der Waals surface area contributed by atoms with Crippen molar-refractivity contribution in [1.29, 1.82) is 0 Å². The molecule has 92 valence electrons. The van der Waals surface area contributed by atoms with Crippen LogP contribution in [0.15, 0.2) is 23.3 Å². The predicted octanol–water partition coefficient (Wildman–Crippen LogP) is 4.83. The molecule has 0 spiro atoms. The Morgan fingerprint density at radius 1 is 0.938 bits per heavy atom. The molecular weight excluding hydrogens is 196 g/mol. The number of rotatable bonds is 8. The van der Waals surface area contributed by atoms with Crippen molar-refractivity contribution in [3.63, 3.8) is 0 Å². The van der Waals surface area contributed by atoms with Crippen LogP contribution < -0.4 is 0 Å². The van der Waals surface area contributed by atoms with E-state index >= 15 is 0 Å². The molecule has 0 radical (unpaired) electrons. The molecule has 0 N–H and O–H groups in total. The van der Waals surface area contributed by atoms with Crippen LogP contribution in [0.4, 0.5) is 0 Å². The first-order valence-corrected chi connectivity index (χ1v) is 6.43. The smallest absolute Gasteiger partial charge is 0.130 e. The zero-order chi connectivity index (χ0) is 12.4. The van der Waals surface area contributed by atoms with E-state index in [-0.39, 0.29) is 5.78 Å². The third-order valence-electron chi connectivity index (χ3n) is 2.90. The Balaban J connectivity index is 3.95. The molecule has 0 bridgehead atoms. The molecule has 0 unspecified atom stereocenters. The van der Waals surface area contributed by atoms with Gasteiger partial charge in [-0.1, -0.05) is 37.1 Å². The second-order valence-corrected chi connectivity index (χ2v) is 4.40. The lowest BCUT2D eigenvalue weighted by molar-refractivity contribution is -0.116. The van der Waals surface area contributed by atoms with Gasteiger partial charge in [0.15, 0.2) is 0 Å². The van der Waals surface area contributed by atoms with E-state index < -0.39 is 0 Å². The Bertz CT molecular complexity index is 259. The highest BCUT2D eigenvalue weighted by Gasteiger charge is 1.95. The summed E-state index contributed by atoms with van der Waals surface area (Å²) in [5.74, 6) is 0.286. The molecule has 0 aliphatic heterocycles. The highest BCUT2D eigenvalue weighted by atomic mass is 16.1. The quantitative estimate of drug-likeness (QED) is 0.538. The highest BCUT2D eigenvalue weighted by molar-refractivity contribution is 5.75. The topological polar surface area (TPSA) is 17.1 Å². The molecular formula is C15H26O. The monoisotopic (exact) mass is 222 g/mol. The minimum absolute atomic E-state index is 0.286. The van der Waals surface area contributed by atoms with Gasteiger partial charge < -0.3 is 4.79 Å². The van der Waals surface area contributed by atoms with Crippen molar-refractivity contribution in [3.8, 4) is 0 Å². The Hall–Kier alpha value is -0.850. The van der Waals surface area contributed by atoms with Gasteiger partial charge in [0.1, 0.15) is 5.78 Å². The van der Waals surface area contributed by atoms with E-state index in [1.165, 1.54) is 11.1 Å². The molecule has 0 fully saturated rings. The third-order valence-corrected chi connectivity index (χ3v) is 2.90. The van der Waals surface area contributed by atoms with Crippen molar-refractivity contribution in [2.45, 2.75) is 66.2 Å². The van der Waals surface area contributed by atoms with Crippen LogP contribution in [0.2, 0.25) is 0 Å². The van der Waals surface area contributed by atoms with Crippen LogP contribution in [0.1, 0.15) is 66.2 Å². The summed E-state index contributed by atoms with van der Waals surface area (Å²) in [5.41, 5.74) is 2.96. The molecule has 16 heavy (non-hydrogen) atoms. The van der Waals surface area contributed by atoms with Gasteiger partial charge in [0.05, 0.1) is 0 Å². The number of hydrogen-bond donors (Lipinski definition) is 0. The van der Waals surface area contributed by atoms with Crippen molar-refractivity contribution >= 4 is 5.78 Å². The number of hydrogen-bond acceptors (Lipinski definition) is 1. The van der Waals surface area contributed by atoms with Gasteiger partial charge in [-0.3, -0.25) is 0 Å². The van der Waals surface area contributed by atoms with Crippen LogP contribution in [0, 0.1) is 0 Å². The van der Waals surface area contributed by atoms with Gasteiger partial charge in [0, 0.05) is 6.42 Å². The number of carbonyl (C=O) groups is 1. The largest absolute Gasteiger partial charge is 0.300 e. The summed E-state index contributed by atoms with van der Waals surface area (Å²) in [6.07, 6.45) is 10.7. The van der Waals surface area contributed by atoms with Gasteiger partial charge in [-0.25, -0.2) is 0 Å². The van der Waals surface area contributed by atoms with Gasteiger partial charge in [0.2, 0.25) is 0 Å². The van der Waals surface area contributed by atoms with Crippen molar-refractivity contribution in [2.75, 3.05) is 0 Å². The van der Waals surface area contributed by atoms with Crippen molar-refractivity contribution < 1.29 is 4.79 Å². The summed E-state index contributed by atoms with van der Waals surface area (Å²) in [4.78, 5) is 10.8. The predicted molar refractivity (Wildman–Crippen MR) is 71.6 cm³/mol. The molecule has 0 saturated heterocycles. The fourth-order valence-corrected chi connectivity index (χ4v) is 1.55. The number of allylic oxidation sites excluding steroid dienone is 4. The molecule has 0 saturated carbocycles. The molecule has 1 heteroatoms. The molecule has 0 heterocycles. The normalized spacial score (nSPS) is 13.0. The summed E-state index contributed by atoms with van der Waals surface area (Å²) in [7, 11) is 0. The second kappa shape index (κ2) is 9.38. The zero-order valence-corrected chi connectivity index (χ0v) is 11.3. The molecule has 0 amide bonds. The van der Waals surface area contributed by atoms with Crippen LogP contribution in [0.3, 0.4) is 0 Å². The first kappa shape index (κ1) is 15.2. The maximum atomic E-state index is 10.8. The second-order valence-electron chi connectivity index (χ2n) is 4.40. The van der Waals surface area contributed by atoms with Crippen molar-refractivity contribution in [2.24, 2.45) is 0 Å². The van der Waals surface area contributed by atoms with E-state index in [0.717, 1.165) is 32.1 Å². The molecule has 0 aliphatic carbocycles. The Morgan fingerprint density at radius 2 is 1.56 bits per heavy atom. The minimum Gasteiger partial charge on any atom is -0.300 e. The standard InChI is InChI=1S/C15H26O/c1-5-13(3)9-7-11-15(6-2)12-8-10-14(4)16/h9,12H,5-8,10-11H2,1-4H3/b13-9-,15-12+. The highest BCUT2D eigenvalue weighted by Crippen LogP contribution is 2.13. The minimum atomic E-state index is 0.286. The summed E-state index contributed by atoms with van der Waals surface area (Å²) >= 11 is 0. The Morgan fingerprint density at radius 3 is 2.06 bits per heavy atom. The lowest BCUT2D eigenvalue weighted by Gasteiger charge is -2.03. The average Bonchev–Trinajstić information content (AvgIpc) is 2.26. The van der Waals surface area contributed by atoms with E-state index in [4.69, 9.17) is 0 Å². The first-order chi connectivity index (χ1) is 7.60. The van der Waals surface area contributed by atoms with E-state index in [2.05, 4.69) is 32.9 Å². The molecule has 0 aromatic rings. The lowest BCUT2D eigenvalue weighted by atomic mass is 10.0. The van der Waals surface area contributed by atoms with E-state index in [0.29, 0.717) is 6.42 Å². The van der Waals surface area contributed by atoms with Gasteiger partial charge in [-0.2, -0.15) is 0 Å². The molecule has 0 rings (SSSR count). The summed E-state index contributed by atoms with van der Waals surface area (Å²) < 4.78 is 0. The molecule has 0 aromatic carbocycles. The molecule has 1 nitrogen and oxygen atoms in total. The van der Waals surface area contributed by atoms with Crippen LogP contribution in [0.5, 0.6) is 0 Å². The van der Waals surface area contributed by atoms with Crippen molar-refractivity contribution in [1.82, 2.24) is 0 Å². The number of carbonyl (C=O) groups excluding carboxylic acids is 1. The average molecular weight is 222 g/mol. The van der Waals surface area contributed by atoms with Gasteiger partial charge in [0.25, 0.3) is 0 Å². The van der Waals surface area contributed by atoms with E-state index in [1.807, 2.05) is 0 Å². The molecule has 0 aliphatic rings. The molecule has 0 aromatic heterocycles. The van der Waals surface area contributed by atoms with Crippen LogP contribution in [-0.2, 0) is 4.79 Å². The summed E-state index contributed by atoms with van der Waals surface area (Å²) in [5, 5.41) is 0. The van der Waals surface area contributed by atoms with E-state index in [1.54, 1.807) is 6.92 Å². The number of ketones is 1. The third kappa shape index (κ3) is 8.46. The molecule has 0 atom stereocenters. The fraction of sp³-hybridized carbons (Fsp3) is 0.667. The van der Waals surface area contributed by atoms with Crippen molar-refractivity contribution in [3.05, 3.63) is 23.3 Å². The summed E-state index contributed by atoms with van der Waals surface area (Å²) in [6.45, 7) is 8.23.